The van der Waals surface area contributed by atoms with Gasteiger partial charge in [0.15, 0.2) is 0 Å². The fraction of sp³-hybridized carbons (Fsp3) is 0.182. The Hall–Kier alpha value is -1.91. The van der Waals surface area contributed by atoms with E-state index in [2.05, 4.69) is 5.10 Å². The maximum absolute atomic E-state index is 13.5. The largest absolute Gasteiger partial charge is 0.396 e. The molecule has 16 heavy (non-hydrogen) atoms. The van der Waals surface area contributed by atoms with E-state index >= 15 is 0 Å². The molecule has 0 spiro atoms. The Kier molecular flexibility index (Phi) is 2.60. The lowest BCUT2D eigenvalue weighted by atomic mass is 10.1. The molecular formula is C11H11F2N3. The summed E-state index contributed by atoms with van der Waals surface area (Å²) in [6, 6.07) is 3.22. The van der Waals surface area contributed by atoms with Gasteiger partial charge in [0.25, 0.3) is 0 Å². The zero-order valence-electron chi connectivity index (χ0n) is 8.74. The molecule has 0 aliphatic heterocycles. The summed E-state index contributed by atoms with van der Waals surface area (Å²) in [6.07, 6.45) is 1.60. The van der Waals surface area contributed by atoms with E-state index in [0.29, 0.717) is 12.2 Å². The Bertz CT molecular complexity index is 520. The van der Waals surface area contributed by atoms with Crippen LogP contribution in [0.25, 0.3) is 11.3 Å². The predicted molar refractivity (Wildman–Crippen MR) is 57.7 cm³/mol. The first kappa shape index (κ1) is 10.6. The van der Waals surface area contributed by atoms with E-state index in [4.69, 9.17) is 5.73 Å². The lowest BCUT2D eigenvalue weighted by Gasteiger charge is -2.00. The van der Waals surface area contributed by atoms with Gasteiger partial charge in [0, 0.05) is 18.3 Å². The standard InChI is InChI=1S/C11H11F2N3/c1-2-16-6-10(14)11(15-16)8-5-7(12)3-4-9(8)13/h3-6H,2,14H2,1H3. The maximum atomic E-state index is 13.5. The third-order valence-electron chi connectivity index (χ3n) is 2.30. The minimum absolute atomic E-state index is 0.0877. The van der Waals surface area contributed by atoms with Crippen molar-refractivity contribution in [2.75, 3.05) is 5.73 Å². The molecule has 0 saturated carbocycles. The lowest BCUT2D eigenvalue weighted by Crippen LogP contribution is -1.95. The Morgan fingerprint density at radius 3 is 2.75 bits per heavy atom. The topological polar surface area (TPSA) is 43.8 Å². The van der Waals surface area contributed by atoms with E-state index in [1.165, 1.54) is 0 Å². The number of nitrogens with zero attached hydrogens (tertiary/aromatic N) is 2. The SMILES string of the molecule is CCn1cc(N)c(-c2cc(F)ccc2F)n1. The van der Waals surface area contributed by atoms with Crippen molar-refractivity contribution in [3.63, 3.8) is 0 Å². The van der Waals surface area contributed by atoms with Gasteiger partial charge >= 0.3 is 0 Å². The van der Waals surface area contributed by atoms with E-state index in [1.807, 2.05) is 6.92 Å². The highest BCUT2D eigenvalue weighted by Crippen LogP contribution is 2.27. The van der Waals surface area contributed by atoms with Crippen LogP contribution in [0, 0.1) is 11.6 Å². The molecule has 1 aromatic carbocycles. The maximum Gasteiger partial charge on any atom is 0.132 e. The summed E-state index contributed by atoms with van der Waals surface area (Å²) in [7, 11) is 0. The molecule has 0 amide bonds. The minimum Gasteiger partial charge on any atom is -0.396 e. The number of nitrogen functional groups attached to an aromatic ring is 1. The molecule has 84 valence electrons. The van der Waals surface area contributed by atoms with Gasteiger partial charge in [-0.3, -0.25) is 4.68 Å². The van der Waals surface area contributed by atoms with Crippen molar-refractivity contribution in [2.24, 2.45) is 0 Å². The molecule has 1 aromatic heterocycles. The summed E-state index contributed by atoms with van der Waals surface area (Å²) in [5.74, 6) is -1.05. The van der Waals surface area contributed by atoms with Crippen LogP contribution in [-0.2, 0) is 6.54 Å². The quantitative estimate of drug-likeness (QED) is 0.849. The van der Waals surface area contributed by atoms with Crippen LogP contribution in [0.3, 0.4) is 0 Å². The molecule has 3 nitrogen and oxygen atoms in total. The number of hydrogen-bond acceptors (Lipinski definition) is 2. The minimum atomic E-state index is -0.533. The Morgan fingerprint density at radius 1 is 1.38 bits per heavy atom. The summed E-state index contributed by atoms with van der Waals surface area (Å²) in [5.41, 5.74) is 6.40. The van der Waals surface area contributed by atoms with Gasteiger partial charge in [-0.05, 0) is 25.1 Å². The van der Waals surface area contributed by atoms with Crippen LogP contribution in [0.15, 0.2) is 24.4 Å². The van der Waals surface area contributed by atoms with Crippen LogP contribution in [0.4, 0.5) is 14.5 Å². The molecule has 0 fully saturated rings. The molecule has 0 radical (unpaired) electrons. The summed E-state index contributed by atoms with van der Waals surface area (Å²) >= 11 is 0. The number of hydrogen-bond donors (Lipinski definition) is 1. The smallest absolute Gasteiger partial charge is 0.132 e. The number of halogens is 2. The highest BCUT2D eigenvalue weighted by atomic mass is 19.1. The summed E-state index contributed by atoms with van der Waals surface area (Å²) in [5, 5.41) is 4.09. The zero-order valence-corrected chi connectivity index (χ0v) is 8.74. The van der Waals surface area contributed by atoms with Gasteiger partial charge in [-0.15, -0.1) is 0 Å². The van der Waals surface area contributed by atoms with Crippen molar-refractivity contribution >= 4 is 5.69 Å². The van der Waals surface area contributed by atoms with Crippen molar-refractivity contribution < 1.29 is 8.78 Å². The van der Waals surface area contributed by atoms with E-state index in [0.717, 1.165) is 18.2 Å². The number of rotatable bonds is 2. The highest BCUT2D eigenvalue weighted by Gasteiger charge is 2.13. The van der Waals surface area contributed by atoms with Crippen LogP contribution in [0.5, 0.6) is 0 Å². The molecule has 0 atom stereocenters. The molecule has 0 aliphatic carbocycles. The molecule has 1 heterocycles. The van der Waals surface area contributed by atoms with Crippen molar-refractivity contribution in [1.29, 1.82) is 0 Å². The van der Waals surface area contributed by atoms with Crippen molar-refractivity contribution in [3.05, 3.63) is 36.0 Å². The molecular weight excluding hydrogens is 212 g/mol. The van der Waals surface area contributed by atoms with E-state index in [1.54, 1.807) is 10.9 Å². The second-order valence-corrected chi connectivity index (χ2v) is 3.41. The molecule has 5 heteroatoms. The zero-order chi connectivity index (χ0) is 11.7. The van der Waals surface area contributed by atoms with E-state index in [9.17, 15) is 8.78 Å². The van der Waals surface area contributed by atoms with Gasteiger partial charge in [-0.25, -0.2) is 8.78 Å². The third kappa shape index (κ3) is 1.76. The van der Waals surface area contributed by atoms with Crippen LogP contribution in [-0.4, -0.2) is 9.78 Å². The number of nitrogens with two attached hydrogens (primary N) is 1. The Labute approximate surface area is 91.5 Å². The molecule has 2 rings (SSSR count). The molecule has 0 aliphatic rings. The number of benzene rings is 1. The predicted octanol–water partition coefficient (Wildman–Crippen LogP) is 2.43. The molecule has 2 N–H and O–H groups in total. The normalized spacial score (nSPS) is 10.7. The van der Waals surface area contributed by atoms with Crippen LogP contribution < -0.4 is 5.73 Å². The fourth-order valence-electron chi connectivity index (χ4n) is 1.49. The average molecular weight is 223 g/mol. The van der Waals surface area contributed by atoms with E-state index < -0.39 is 11.6 Å². The monoisotopic (exact) mass is 223 g/mol. The van der Waals surface area contributed by atoms with Crippen LogP contribution in [0.1, 0.15) is 6.92 Å². The summed E-state index contributed by atoms with van der Waals surface area (Å²) in [4.78, 5) is 0. The first-order valence-corrected chi connectivity index (χ1v) is 4.90. The fourth-order valence-corrected chi connectivity index (χ4v) is 1.49. The van der Waals surface area contributed by atoms with Crippen LogP contribution in [0.2, 0.25) is 0 Å². The van der Waals surface area contributed by atoms with Crippen molar-refractivity contribution in [3.8, 4) is 11.3 Å². The summed E-state index contributed by atoms with van der Waals surface area (Å²) in [6.45, 7) is 2.51. The Balaban J connectivity index is 2.57. The average Bonchev–Trinajstić information content (AvgIpc) is 2.63. The van der Waals surface area contributed by atoms with Gasteiger partial charge < -0.3 is 5.73 Å². The van der Waals surface area contributed by atoms with Gasteiger partial charge in [0.1, 0.15) is 17.3 Å². The second-order valence-electron chi connectivity index (χ2n) is 3.41. The van der Waals surface area contributed by atoms with Crippen LogP contribution >= 0.6 is 0 Å². The third-order valence-corrected chi connectivity index (χ3v) is 2.30. The molecule has 0 saturated heterocycles. The number of anilines is 1. The second kappa shape index (κ2) is 3.92. The summed E-state index contributed by atoms with van der Waals surface area (Å²) < 4.78 is 28.1. The number of aryl methyl sites for hydroxylation is 1. The first-order valence-electron chi connectivity index (χ1n) is 4.90. The Morgan fingerprint density at radius 2 is 2.12 bits per heavy atom. The molecule has 2 aromatic rings. The van der Waals surface area contributed by atoms with E-state index in [-0.39, 0.29) is 11.3 Å². The van der Waals surface area contributed by atoms with Crippen molar-refractivity contribution in [1.82, 2.24) is 9.78 Å². The number of aromatic nitrogens is 2. The van der Waals surface area contributed by atoms with Gasteiger partial charge in [-0.1, -0.05) is 0 Å². The molecule has 0 unspecified atom stereocenters. The van der Waals surface area contributed by atoms with Gasteiger partial charge in [0.2, 0.25) is 0 Å². The first-order chi connectivity index (χ1) is 7.61. The van der Waals surface area contributed by atoms with Gasteiger partial charge in [-0.2, -0.15) is 5.10 Å². The lowest BCUT2D eigenvalue weighted by molar-refractivity contribution is 0.601. The highest BCUT2D eigenvalue weighted by molar-refractivity contribution is 5.72. The van der Waals surface area contributed by atoms with Crippen molar-refractivity contribution in [2.45, 2.75) is 13.5 Å². The molecule has 0 bridgehead atoms. The van der Waals surface area contributed by atoms with Gasteiger partial charge in [0.05, 0.1) is 5.69 Å².